The molecular weight excluding hydrogens is 305 g/mol. The summed E-state index contributed by atoms with van der Waals surface area (Å²) in [6.07, 6.45) is 0.492. The molecule has 22 heavy (non-hydrogen) atoms. The molecule has 4 nitrogen and oxygen atoms in total. The monoisotopic (exact) mass is 321 g/mol. The van der Waals surface area contributed by atoms with Crippen LogP contribution in [0.4, 0.5) is 0 Å². The SMILES string of the molecule is Cc1ccccc1C(=O)c1c(C)cc2n1CCC2C(=O)[O-].[K+]. The van der Waals surface area contributed by atoms with E-state index >= 15 is 0 Å². The molecule has 1 atom stereocenters. The van der Waals surface area contributed by atoms with Crippen molar-refractivity contribution in [2.45, 2.75) is 32.7 Å². The summed E-state index contributed by atoms with van der Waals surface area (Å²) in [5.74, 6) is -1.72. The molecule has 2 aromatic rings. The van der Waals surface area contributed by atoms with Crippen LogP contribution in [0.1, 0.15) is 45.2 Å². The number of aromatic nitrogens is 1. The molecule has 1 aliphatic rings. The first-order chi connectivity index (χ1) is 10.0. The number of rotatable bonds is 3. The Bertz CT molecular complexity index is 748. The fourth-order valence-electron chi connectivity index (χ4n) is 3.14. The Hall–Kier alpha value is -0.724. The van der Waals surface area contributed by atoms with Crippen LogP contribution >= 0.6 is 0 Å². The van der Waals surface area contributed by atoms with Crippen molar-refractivity contribution in [1.82, 2.24) is 4.57 Å². The molecule has 0 amide bonds. The van der Waals surface area contributed by atoms with Gasteiger partial charge in [-0.1, -0.05) is 24.3 Å². The van der Waals surface area contributed by atoms with Crippen LogP contribution in [0.3, 0.4) is 0 Å². The number of hydrogen-bond acceptors (Lipinski definition) is 3. The molecule has 0 bridgehead atoms. The fourth-order valence-corrected chi connectivity index (χ4v) is 3.14. The van der Waals surface area contributed by atoms with Gasteiger partial charge in [0.25, 0.3) is 0 Å². The second kappa shape index (κ2) is 6.80. The van der Waals surface area contributed by atoms with Crippen LogP contribution in [0.5, 0.6) is 0 Å². The zero-order chi connectivity index (χ0) is 15.1. The van der Waals surface area contributed by atoms with Crippen molar-refractivity contribution in [3.63, 3.8) is 0 Å². The molecule has 5 heteroatoms. The smallest absolute Gasteiger partial charge is 0.549 e. The van der Waals surface area contributed by atoms with Gasteiger partial charge in [-0.3, -0.25) is 4.79 Å². The third kappa shape index (κ3) is 2.88. The largest absolute Gasteiger partial charge is 1.00 e. The zero-order valence-electron chi connectivity index (χ0n) is 13.1. The first kappa shape index (κ1) is 17.6. The molecule has 2 heterocycles. The zero-order valence-corrected chi connectivity index (χ0v) is 16.2. The number of carboxylic acids is 1. The molecule has 1 aliphatic heterocycles. The number of nitrogens with zero attached hydrogens (tertiary/aromatic N) is 1. The summed E-state index contributed by atoms with van der Waals surface area (Å²) in [7, 11) is 0. The van der Waals surface area contributed by atoms with E-state index in [1.807, 2.05) is 42.7 Å². The van der Waals surface area contributed by atoms with Gasteiger partial charge < -0.3 is 14.5 Å². The van der Waals surface area contributed by atoms with Crippen molar-refractivity contribution in [3.05, 3.63) is 58.4 Å². The summed E-state index contributed by atoms with van der Waals surface area (Å²) in [4.78, 5) is 24.0. The van der Waals surface area contributed by atoms with Crippen LogP contribution in [0.25, 0.3) is 0 Å². The fraction of sp³-hybridized carbons (Fsp3) is 0.294. The molecule has 0 radical (unpaired) electrons. The maximum atomic E-state index is 12.8. The van der Waals surface area contributed by atoms with E-state index in [0.29, 0.717) is 29.9 Å². The van der Waals surface area contributed by atoms with Crippen LogP contribution < -0.4 is 56.5 Å². The van der Waals surface area contributed by atoms with E-state index in [-0.39, 0.29) is 57.2 Å². The topological polar surface area (TPSA) is 62.1 Å². The van der Waals surface area contributed by atoms with Crippen LogP contribution in [0.15, 0.2) is 30.3 Å². The van der Waals surface area contributed by atoms with Gasteiger partial charge in [-0.25, -0.2) is 0 Å². The van der Waals surface area contributed by atoms with Gasteiger partial charge in [-0.05, 0) is 37.5 Å². The number of ketones is 1. The summed E-state index contributed by atoms with van der Waals surface area (Å²) in [6, 6.07) is 9.25. The third-order valence-electron chi connectivity index (χ3n) is 4.21. The summed E-state index contributed by atoms with van der Waals surface area (Å²) in [5, 5.41) is 11.2. The molecule has 0 saturated heterocycles. The molecular formula is C17H16KNO3. The van der Waals surface area contributed by atoms with Crippen molar-refractivity contribution >= 4 is 11.8 Å². The molecule has 0 spiro atoms. The van der Waals surface area contributed by atoms with Crippen LogP contribution in [-0.4, -0.2) is 16.3 Å². The van der Waals surface area contributed by atoms with Crippen molar-refractivity contribution in [2.75, 3.05) is 0 Å². The normalized spacial score (nSPS) is 16.0. The number of carbonyl (C=O) groups excluding carboxylic acids is 2. The van der Waals surface area contributed by atoms with E-state index in [2.05, 4.69) is 0 Å². The first-order valence-electron chi connectivity index (χ1n) is 7.02. The van der Waals surface area contributed by atoms with E-state index in [0.717, 1.165) is 11.1 Å². The van der Waals surface area contributed by atoms with Crippen LogP contribution in [-0.2, 0) is 11.3 Å². The van der Waals surface area contributed by atoms with Gasteiger partial charge in [-0.15, -0.1) is 0 Å². The van der Waals surface area contributed by atoms with Gasteiger partial charge in [0, 0.05) is 23.7 Å². The maximum Gasteiger partial charge on any atom is 1.00 e. The third-order valence-corrected chi connectivity index (χ3v) is 4.21. The molecule has 0 aliphatic carbocycles. The van der Waals surface area contributed by atoms with E-state index < -0.39 is 11.9 Å². The van der Waals surface area contributed by atoms with Crippen LogP contribution in [0, 0.1) is 13.8 Å². The summed E-state index contributed by atoms with van der Waals surface area (Å²) >= 11 is 0. The van der Waals surface area contributed by atoms with Gasteiger partial charge in [-0.2, -0.15) is 0 Å². The minimum atomic E-state index is -1.07. The van der Waals surface area contributed by atoms with Crippen molar-refractivity contribution in [2.24, 2.45) is 0 Å². The average molecular weight is 321 g/mol. The Labute approximate surface area is 171 Å². The van der Waals surface area contributed by atoms with Gasteiger partial charge in [0.05, 0.1) is 11.7 Å². The Balaban J connectivity index is 0.00000176. The van der Waals surface area contributed by atoms with Gasteiger partial charge in [0.15, 0.2) is 0 Å². The van der Waals surface area contributed by atoms with E-state index in [1.54, 1.807) is 6.07 Å². The Kier molecular flexibility index (Phi) is 5.45. The molecule has 1 aromatic heterocycles. The Morgan fingerprint density at radius 2 is 1.86 bits per heavy atom. The Morgan fingerprint density at radius 1 is 1.18 bits per heavy atom. The number of fused-ring (bicyclic) bond motifs is 1. The van der Waals surface area contributed by atoms with E-state index in [4.69, 9.17) is 0 Å². The number of aryl methyl sites for hydroxylation is 2. The van der Waals surface area contributed by atoms with Crippen molar-refractivity contribution in [3.8, 4) is 0 Å². The number of carboxylic acid groups (broad SMARTS) is 1. The molecule has 0 fully saturated rings. The summed E-state index contributed by atoms with van der Waals surface area (Å²) < 4.78 is 1.84. The molecule has 3 rings (SSSR count). The van der Waals surface area contributed by atoms with E-state index in [9.17, 15) is 14.7 Å². The first-order valence-corrected chi connectivity index (χ1v) is 7.02. The van der Waals surface area contributed by atoms with Gasteiger partial charge >= 0.3 is 51.4 Å². The Morgan fingerprint density at radius 3 is 2.50 bits per heavy atom. The minimum absolute atomic E-state index is 0. The summed E-state index contributed by atoms with van der Waals surface area (Å²) in [5.41, 5.74) is 3.70. The standard InChI is InChI=1S/C17H17NO3.K/c1-10-5-3-4-6-12(10)16(19)15-11(2)9-14-13(17(20)21)7-8-18(14)15;/h3-6,9,13H,7-8H2,1-2H3,(H,20,21);/q;+1/p-1. The number of benzene rings is 1. The second-order valence-electron chi connectivity index (χ2n) is 5.56. The molecule has 0 N–H and O–H groups in total. The molecule has 108 valence electrons. The average Bonchev–Trinajstić information content (AvgIpc) is 2.96. The second-order valence-corrected chi connectivity index (χ2v) is 5.56. The quantitative estimate of drug-likeness (QED) is 0.515. The molecule has 1 aromatic carbocycles. The number of carbonyl (C=O) groups is 2. The van der Waals surface area contributed by atoms with E-state index in [1.165, 1.54) is 0 Å². The van der Waals surface area contributed by atoms with Crippen LogP contribution in [0.2, 0.25) is 0 Å². The van der Waals surface area contributed by atoms with Crippen molar-refractivity contribution in [1.29, 1.82) is 0 Å². The molecule has 1 unspecified atom stereocenters. The summed E-state index contributed by atoms with van der Waals surface area (Å²) in [6.45, 7) is 4.30. The van der Waals surface area contributed by atoms with Gasteiger partial charge in [0.1, 0.15) is 0 Å². The minimum Gasteiger partial charge on any atom is -0.549 e. The predicted octanol–water partition coefficient (Wildman–Crippen LogP) is -1.42. The number of hydrogen-bond donors (Lipinski definition) is 0. The van der Waals surface area contributed by atoms with Crippen molar-refractivity contribution < 1.29 is 66.1 Å². The molecule has 0 saturated carbocycles. The number of aliphatic carboxylic acids is 1. The maximum absolute atomic E-state index is 12.8. The predicted molar refractivity (Wildman–Crippen MR) is 76.1 cm³/mol. The van der Waals surface area contributed by atoms with Gasteiger partial charge in [0.2, 0.25) is 5.78 Å².